The Hall–Kier alpha value is -2.36. The van der Waals surface area contributed by atoms with E-state index in [1.165, 1.54) is 0 Å². The van der Waals surface area contributed by atoms with Gasteiger partial charge in [0.1, 0.15) is 5.65 Å². The van der Waals surface area contributed by atoms with Crippen LogP contribution in [-0.4, -0.2) is 20.5 Å². The molecule has 0 amide bonds. The number of carboxylic acids is 1. The predicted octanol–water partition coefficient (Wildman–Crippen LogP) is 2.14. The standard InChI is InChI=1S/C12H8N2O2/c15-12(16)9-4-5-11-13-10-3-1-2-8(10)6-14(11)7-9/h1-7H,(H,15,16). The van der Waals surface area contributed by atoms with Crippen LogP contribution in [0.3, 0.4) is 0 Å². The zero-order chi connectivity index (χ0) is 11.1. The molecule has 1 aliphatic heterocycles. The van der Waals surface area contributed by atoms with Crippen molar-refractivity contribution in [1.82, 2.24) is 9.38 Å². The third-order valence-corrected chi connectivity index (χ3v) is 2.54. The summed E-state index contributed by atoms with van der Waals surface area (Å²) in [5, 5.41) is 8.88. The van der Waals surface area contributed by atoms with Crippen molar-refractivity contribution in [2.24, 2.45) is 0 Å². The molecule has 2 aliphatic rings. The second kappa shape index (κ2) is 3.06. The van der Waals surface area contributed by atoms with Crippen molar-refractivity contribution in [3.05, 3.63) is 48.3 Å². The van der Waals surface area contributed by atoms with Gasteiger partial charge in [-0.05, 0) is 18.2 Å². The molecule has 3 rings (SSSR count). The van der Waals surface area contributed by atoms with Crippen molar-refractivity contribution in [2.75, 3.05) is 0 Å². The highest BCUT2D eigenvalue weighted by Crippen LogP contribution is 2.21. The second-order valence-electron chi connectivity index (χ2n) is 3.60. The first-order valence-electron chi connectivity index (χ1n) is 4.85. The van der Waals surface area contributed by atoms with Crippen molar-refractivity contribution in [3.63, 3.8) is 0 Å². The van der Waals surface area contributed by atoms with Gasteiger partial charge >= 0.3 is 5.97 Å². The fourth-order valence-corrected chi connectivity index (χ4v) is 1.74. The first kappa shape index (κ1) is 8.91. The lowest BCUT2D eigenvalue weighted by Gasteiger charge is -2.05. The topological polar surface area (TPSA) is 54.6 Å². The predicted molar refractivity (Wildman–Crippen MR) is 58.8 cm³/mol. The number of carbonyl (C=O) groups is 1. The van der Waals surface area contributed by atoms with E-state index in [4.69, 9.17) is 5.11 Å². The molecule has 0 saturated heterocycles. The highest BCUT2D eigenvalue weighted by Gasteiger charge is 2.07. The molecule has 0 bridgehead atoms. The third kappa shape index (κ3) is 1.24. The van der Waals surface area contributed by atoms with Gasteiger partial charge in [-0.15, -0.1) is 0 Å². The van der Waals surface area contributed by atoms with Crippen LogP contribution in [-0.2, 0) is 0 Å². The van der Waals surface area contributed by atoms with Gasteiger partial charge in [-0.3, -0.25) is 0 Å². The largest absolute Gasteiger partial charge is 0.478 e. The molecule has 1 aromatic heterocycles. The van der Waals surface area contributed by atoms with Crippen molar-refractivity contribution >= 4 is 11.6 Å². The van der Waals surface area contributed by atoms with E-state index in [1.807, 2.05) is 24.4 Å². The van der Waals surface area contributed by atoms with Crippen molar-refractivity contribution < 1.29 is 9.90 Å². The van der Waals surface area contributed by atoms with E-state index in [2.05, 4.69) is 4.98 Å². The summed E-state index contributed by atoms with van der Waals surface area (Å²) < 4.78 is 1.73. The number of carboxylic acid groups (broad SMARTS) is 1. The quantitative estimate of drug-likeness (QED) is 0.672. The summed E-state index contributed by atoms with van der Waals surface area (Å²) in [6.07, 6.45) is 3.45. The van der Waals surface area contributed by atoms with E-state index in [1.54, 1.807) is 22.7 Å². The summed E-state index contributed by atoms with van der Waals surface area (Å²) in [4.78, 5) is 15.2. The van der Waals surface area contributed by atoms with Crippen LogP contribution in [0.15, 0.2) is 42.7 Å². The molecule has 1 N–H and O–H groups in total. The molecule has 0 saturated carbocycles. The molecule has 0 aromatic carbocycles. The fourth-order valence-electron chi connectivity index (χ4n) is 1.74. The zero-order valence-corrected chi connectivity index (χ0v) is 8.29. The fraction of sp³-hybridized carbons (Fsp3) is 0. The third-order valence-electron chi connectivity index (χ3n) is 2.54. The summed E-state index contributed by atoms with van der Waals surface area (Å²) in [6.45, 7) is 0. The van der Waals surface area contributed by atoms with Crippen LogP contribution in [0.4, 0.5) is 0 Å². The van der Waals surface area contributed by atoms with Gasteiger partial charge in [0.2, 0.25) is 0 Å². The molecule has 4 heteroatoms. The Morgan fingerprint density at radius 2 is 2.06 bits per heavy atom. The average molecular weight is 212 g/mol. The van der Waals surface area contributed by atoms with Gasteiger partial charge in [-0.25, -0.2) is 9.78 Å². The Morgan fingerprint density at radius 3 is 2.88 bits per heavy atom. The molecule has 1 aromatic rings. The Balaban J connectivity index is 2.35. The maximum atomic E-state index is 10.8. The normalized spacial score (nSPS) is 11.0. The monoisotopic (exact) mass is 212 g/mol. The lowest BCUT2D eigenvalue weighted by Crippen LogP contribution is -2.01. The molecule has 4 nitrogen and oxygen atoms in total. The van der Waals surface area contributed by atoms with Crippen LogP contribution >= 0.6 is 0 Å². The molecular weight excluding hydrogens is 204 g/mol. The SMILES string of the molecule is O=C(O)c1ccc2nc3cccc-3cn2c1. The number of aromatic carboxylic acids is 1. The average Bonchev–Trinajstić information content (AvgIpc) is 2.71. The number of fused-ring (bicyclic) bond motifs is 2. The zero-order valence-electron chi connectivity index (χ0n) is 8.29. The van der Waals surface area contributed by atoms with E-state index in [9.17, 15) is 4.79 Å². The molecule has 0 radical (unpaired) electrons. The van der Waals surface area contributed by atoms with Gasteiger partial charge in [0.05, 0.1) is 11.3 Å². The van der Waals surface area contributed by atoms with E-state index < -0.39 is 5.97 Å². The Bertz CT molecular complexity index is 657. The van der Waals surface area contributed by atoms with Crippen molar-refractivity contribution in [1.29, 1.82) is 0 Å². The highest BCUT2D eigenvalue weighted by atomic mass is 16.4. The lowest BCUT2D eigenvalue weighted by molar-refractivity contribution is 0.0696. The smallest absolute Gasteiger partial charge is 0.337 e. The lowest BCUT2D eigenvalue weighted by atomic mass is 10.2. The van der Waals surface area contributed by atoms with Crippen LogP contribution < -0.4 is 0 Å². The highest BCUT2D eigenvalue weighted by molar-refractivity contribution is 5.87. The maximum absolute atomic E-state index is 10.8. The number of aromatic nitrogens is 2. The number of hydrogen-bond acceptors (Lipinski definition) is 2. The molecule has 0 atom stereocenters. The van der Waals surface area contributed by atoms with E-state index in [0.29, 0.717) is 0 Å². The summed E-state index contributed by atoms with van der Waals surface area (Å²) in [6, 6.07) is 9.06. The molecular formula is C12H8N2O2. The van der Waals surface area contributed by atoms with Crippen LogP contribution in [0.2, 0.25) is 0 Å². The van der Waals surface area contributed by atoms with Crippen LogP contribution in [0.1, 0.15) is 10.4 Å². The minimum absolute atomic E-state index is 0.255. The minimum Gasteiger partial charge on any atom is -0.478 e. The number of nitrogens with zero attached hydrogens (tertiary/aromatic N) is 2. The summed E-state index contributed by atoms with van der Waals surface area (Å²) >= 11 is 0. The minimum atomic E-state index is -0.933. The molecule has 16 heavy (non-hydrogen) atoms. The molecule has 0 fully saturated rings. The summed E-state index contributed by atoms with van der Waals surface area (Å²) in [5.41, 5.74) is 2.91. The van der Waals surface area contributed by atoms with Crippen molar-refractivity contribution in [3.8, 4) is 11.3 Å². The number of rotatable bonds is 1. The van der Waals surface area contributed by atoms with E-state index in [0.717, 1.165) is 16.9 Å². The summed E-state index contributed by atoms with van der Waals surface area (Å²) in [5.74, 6) is -0.933. The maximum Gasteiger partial charge on any atom is 0.337 e. The van der Waals surface area contributed by atoms with Crippen LogP contribution in [0.25, 0.3) is 16.9 Å². The van der Waals surface area contributed by atoms with E-state index in [-0.39, 0.29) is 5.56 Å². The molecule has 1 aliphatic carbocycles. The number of hydrogen-bond donors (Lipinski definition) is 1. The molecule has 0 spiro atoms. The van der Waals surface area contributed by atoms with Crippen molar-refractivity contribution in [2.45, 2.75) is 0 Å². The first-order chi connectivity index (χ1) is 7.74. The van der Waals surface area contributed by atoms with Gasteiger partial charge in [0.25, 0.3) is 0 Å². The Kier molecular flexibility index (Phi) is 1.71. The van der Waals surface area contributed by atoms with Gasteiger partial charge in [-0.2, -0.15) is 0 Å². The Labute approximate surface area is 91.1 Å². The molecule has 2 heterocycles. The van der Waals surface area contributed by atoms with Gasteiger partial charge in [0, 0.05) is 18.0 Å². The van der Waals surface area contributed by atoms with Gasteiger partial charge in [-0.1, -0.05) is 12.1 Å². The molecule has 0 unspecified atom stereocenters. The van der Waals surface area contributed by atoms with E-state index >= 15 is 0 Å². The first-order valence-corrected chi connectivity index (χ1v) is 4.85. The Morgan fingerprint density at radius 1 is 1.19 bits per heavy atom. The number of pyridine rings is 1. The van der Waals surface area contributed by atoms with Gasteiger partial charge < -0.3 is 9.51 Å². The van der Waals surface area contributed by atoms with Gasteiger partial charge in [0.15, 0.2) is 0 Å². The van der Waals surface area contributed by atoms with Crippen LogP contribution in [0.5, 0.6) is 0 Å². The molecule has 78 valence electrons. The summed E-state index contributed by atoms with van der Waals surface area (Å²) in [7, 11) is 0. The van der Waals surface area contributed by atoms with Crippen LogP contribution in [0, 0.1) is 0 Å². The second-order valence-corrected chi connectivity index (χ2v) is 3.60.